The third-order valence-corrected chi connectivity index (χ3v) is 7.52. The number of sulfonamides is 1. The summed E-state index contributed by atoms with van der Waals surface area (Å²) in [6, 6.07) is 16.8. The van der Waals surface area contributed by atoms with Gasteiger partial charge in [-0.3, -0.25) is 4.79 Å². The zero-order chi connectivity index (χ0) is 20.1. The zero-order valence-electron chi connectivity index (χ0n) is 16.5. The standard InChI is InChI=1S/C22H28N2O3S/c1-3-24(4-2)28(26,27)21-12-8-11-20(17-21)22(25)23-15-13-19(14-16-23)18-9-6-5-7-10-18/h5-12,17,19H,3-4,13-16H2,1-2H3. The quantitative estimate of drug-likeness (QED) is 0.742. The summed E-state index contributed by atoms with van der Waals surface area (Å²) in [6.07, 6.45) is 1.85. The molecule has 1 aliphatic rings. The first-order valence-electron chi connectivity index (χ1n) is 9.91. The van der Waals surface area contributed by atoms with Crippen molar-refractivity contribution in [2.75, 3.05) is 26.2 Å². The molecular weight excluding hydrogens is 372 g/mol. The Balaban J connectivity index is 1.72. The molecule has 3 rings (SSSR count). The van der Waals surface area contributed by atoms with Gasteiger partial charge in [0.2, 0.25) is 10.0 Å². The summed E-state index contributed by atoms with van der Waals surface area (Å²) in [4.78, 5) is 15.0. The number of amides is 1. The lowest BCUT2D eigenvalue weighted by atomic mass is 9.89. The van der Waals surface area contributed by atoms with Gasteiger partial charge >= 0.3 is 0 Å². The summed E-state index contributed by atoms with van der Waals surface area (Å²) in [5, 5.41) is 0. The molecule has 0 atom stereocenters. The van der Waals surface area contributed by atoms with Crippen LogP contribution in [0.5, 0.6) is 0 Å². The first-order chi connectivity index (χ1) is 13.5. The molecule has 1 fully saturated rings. The number of piperidine rings is 1. The fraction of sp³-hybridized carbons (Fsp3) is 0.409. The van der Waals surface area contributed by atoms with E-state index in [9.17, 15) is 13.2 Å². The van der Waals surface area contributed by atoms with Crippen molar-refractivity contribution in [3.05, 3.63) is 65.7 Å². The Morgan fingerprint density at radius 3 is 2.25 bits per heavy atom. The number of nitrogens with zero attached hydrogens (tertiary/aromatic N) is 2. The van der Waals surface area contributed by atoms with Crippen molar-refractivity contribution in [3.63, 3.8) is 0 Å². The largest absolute Gasteiger partial charge is 0.339 e. The minimum atomic E-state index is -3.57. The van der Waals surface area contributed by atoms with Gasteiger partial charge in [0, 0.05) is 31.7 Å². The smallest absolute Gasteiger partial charge is 0.253 e. The summed E-state index contributed by atoms with van der Waals surface area (Å²) in [6.45, 7) is 5.81. The van der Waals surface area contributed by atoms with Crippen LogP contribution in [-0.2, 0) is 10.0 Å². The van der Waals surface area contributed by atoms with Crippen molar-refractivity contribution in [2.45, 2.75) is 37.5 Å². The summed E-state index contributed by atoms with van der Waals surface area (Å²) in [7, 11) is -3.57. The maximum Gasteiger partial charge on any atom is 0.253 e. The maximum atomic E-state index is 12.9. The molecule has 2 aromatic carbocycles. The second kappa shape index (κ2) is 8.88. The molecular formula is C22H28N2O3S. The third-order valence-electron chi connectivity index (χ3n) is 5.48. The molecule has 0 bridgehead atoms. The fourth-order valence-electron chi connectivity index (χ4n) is 3.83. The van der Waals surface area contributed by atoms with Gasteiger partial charge in [0.15, 0.2) is 0 Å². The predicted octanol–water partition coefficient (Wildman–Crippen LogP) is 3.74. The minimum Gasteiger partial charge on any atom is -0.339 e. The van der Waals surface area contributed by atoms with Crippen LogP contribution in [0.15, 0.2) is 59.5 Å². The van der Waals surface area contributed by atoms with Crippen LogP contribution in [0.1, 0.15) is 48.5 Å². The van der Waals surface area contributed by atoms with Gasteiger partial charge in [0.25, 0.3) is 5.91 Å². The van der Waals surface area contributed by atoms with E-state index in [0.29, 0.717) is 37.7 Å². The molecule has 0 spiro atoms. The van der Waals surface area contributed by atoms with Crippen molar-refractivity contribution in [1.29, 1.82) is 0 Å². The lowest BCUT2D eigenvalue weighted by Crippen LogP contribution is -2.38. The van der Waals surface area contributed by atoms with Crippen molar-refractivity contribution in [1.82, 2.24) is 9.21 Å². The van der Waals surface area contributed by atoms with Crippen LogP contribution in [0.4, 0.5) is 0 Å². The maximum absolute atomic E-state index is 12.9. The van der Waals surface area contributed by atoms with Crippen LogP contribution < -0.4 is 0 Å². The Bertz CT molecular complexity index is 900. The normalized spacial score (nSPS) is 15.8. The lowest BCUT2D eigenvalue weighted by molar-refractivity contribution is 0.0712. The minimum absolute atomic E-state index is 0.0943. The molecule has 0 aliphatic carbocycles. The molecule has 0 aromatic heterocycles. The summed E-state index contributed by atoms with van der Waals surface area (Å²) < 4.78 is 26.9. The first-order valence-corrected chi connectivity index (χ1v) is 11.4. The Kier molecular flexibility index (Phi) is 6.52. The van der Waals surface area contributed by atoms with Gasteiger partial charge in [0.1, 0.15) is 0 Å². The molecule has 0 unspecified atom stereocenters. The second-order valence-electron chi connectivity index (χ2n) is 7.09. The van der Waals surface area contributed by atoms with Gasteiger partial charge in [-0.2, -0.15) is 4.31 Å². The predicted molar refractivity (Wildman–Crippen MR) is 111 cm³/mol. The highest BCUT2D eigenvalue weighted by molar-refractivity contribution is 7.89. The number of hydrogen-bond acceptors (Lipinski definition) is 3. The Labute approximate surface area is 168 Å². The van der Waals surface area contributed by atoms with E-state index in [4.69, 9.17) is 0 Å². The molecule has 0 radical (unpaired) electrons. The molecule has 1 heterocycles. The van der Waals surface area contributed by atoms with Crippen LogP contribution >= 0.6 is 0 Å². The number of rotatable bonds is 6. The molecule has 150 valence electrons. The van der Waals surface area contributed by atoms with Crippen LogP contribution in [0.25, 0.3) is 0 Å². The van der Waals surface area contributed by atoms with E-state index < -0.39 is 10.0 Å². The highest BCUT2D eigenvalue weighted by Gasteiger charge is 2.26. The third kappa shape index (κ3) is 4.28. The number of likely N-dealkylation sites (tertiary alicyclic amines) is 1. The van der Waals surface area contributed by atoms with Crippen LogP contribution in [-0.4, -0.2) is 49.7 Å². The summed E-state index contributed by atoms with van der Waals surface area (Å²) >= 11 is 0. The van der Waals surface area contributed by atoms with Crippen LogP contribution in [0, 0.1) is 0 Å². The average Bonchev–Trinajstić information content (AvgIpc) is 2.75. The SMILES string of the molecule is CCN(CC)S(=O)(=O)c1cccc(C(=O)N2CCC(c3ccccc3)CC2)c1. The van der Waals surface area contributed by atoms with Crippen LogP contribution in [0.3, 0.4) is 0 Å². The fourth-order valence-corrected chi connectivity index (χ4v) is 5.33. The Morgan fingerprint density at radius 1 is 1.00 bits per heavy atom. The van der Waals surface area contributed by atoms with Crippen molar-refractivity contribution >= 4 is 15.9 Å². The number of hydrogen-bond donors (Lipinski definition) is 0. The van der Waals surface area contributed by atoms with Crippen molar-refractivity contribution in [2.24, 2.45) is 0 Å². The molecule has 0 saturated carbocycles. The molecule has 1 saturated heterocycles. The number of carbonyl (C=O) groups excluding carboxylic acids is 1. The van der Waals surface area contributed by atoms with Gasteiger partial charge in [-0.05, 0) is 42.5 Å². The van der Waals surface area contributed by atoms with Gasteiger partial charge < -0.3 is 4.90 Å². The highest BCUT2D eigenvalue weighted by Crippen LogP contribution is 2.28. The zero-order valence-corrected chi connectivity index (χ0v) is 17.4. The highest BCUT2D eigenvalue weighted by atomic mass is 32.2. The molecule has 5 nitrogen and oxygen atoms in total. The Morgan fingerprint density at radius 2 is 1.64 bits per heavy atom. The van der Waals surface area contributed by atoms with Crippen molar-refractivity contribution in [3.8, 4) is 0 Å². The molecule has 1 aliphatic heterocycles. The van der Waals surface area contributed by atoms with E-state index in [1.165, 1.54) is 15.9 Å². The molecule has 2 aromatic rings. The Hall–Kier alpha value is -2.18. The first kappa shape index (κ1) is 20.6. The van der Waals surface area contributed by atoms with Gasteiger partial charge in [-0.25, -0.2) is 8.42 Å². The van der Waals surface area contributed by atoms with E-state index in [0.717, 1.165) is 12.8 Å². The number of carbonyl (C=O) groups is 1. The van der Waals surface area contributed by atoms with Gasteiger partial charge in [-0.15, -0.1) is 0 Å². The van der Waals surface area contributed by atoms with E-state index in [2.05, 4.69) is 24.3 Å². The van der Waals surface area contributed by atoms with E-state index in [1.54, 1.807) is 18.2 Å². The van der Waals surface area contributed by atoms with Crippen LogP contribution in [0.2, 0.25) is 0 Å². The second-order valence-corrected chi connectivity index (χ2v) is 9.03. The summed E-state index contributed by atoms with van der Waals surface area (Å²) in [5.74, 6) is 0.378. The monoisotopic (exact) mass is 400 g/mol. The van der Waals surface area contributed by atoms with E-state index >= 15 is 0 Å². The summed E-state index contributed by atoms with van der Waals surface area (Å²) in [5.41, 5.74) is 1.76. The molecule has 6 heteroatoms. The topological polar surface area (TPSA) is 57.7 Å². The lowest BCUT2D eigenvalue weighted by Gasteiger charge is -2.32. The van der Waals surface area contributed by atoms with E-state index in [1.807, 2.05) is 24.8 Å². The van der Waals surface area contributed by atoms with Gasteiger partial charge in [0.05, 0.1) is 4.90 Å². The van der Waals surface area contributed by atoms with Gasteiger partial charge in [-0.1, -0.05) is 50.2 Å². The molecule has 1 amide bonds. The average molecular weight is 401 g/mol. The van der Waals surface area contributed by atoms with E-state index in [-0.39, 0.29) is 10.8 Å². The molecule has 28 heavy (non-hydrogen) atoms. The number of benzene rings is 2. The molecule has 0 N–H and O–H groups in total. The van der Waals surface area contributed by atoms with Crippen molar-refractivity contribution < 1.29 is 13.2 Å².